The number of ether oxygens (including phenoxy) is 1. The Balaban J connectivity index is 1.48. The summed E-state index contributed by atoms with van der Waals surface area (Å²) in [5, 5.41) is 5.86. The molecule has 188 valence electrons. The van der Waals surface area contributed by atoms with Gasteiger partial charge in [-0.05, 0) is 73.2 Å². The molecule has 37 heavy (non-hydrogen) atoms. The lowest BCUT2D eigenvalue weighted by Crippen LogP contribution is -2.32. The summed E-state index contributed by atoms with van der Waals surface area (Å²) >= 11 is 12.1. The van der Waals surface area contributed by atoms with Gasteiger partial charge in [0.1, 0.15) is 10.7 Å². The van der Waals surface area contributed by atoms with Crippen LogP contribution in [0.1, 0.15) is 34.1 Å². The summed E-state index contributed by atoms with van der Waals surface area (Å²) in [5.41, 5.74) is 1.67. The van der Waals surface area contributed by atoms with Crippen LogP contribution in [0.4, 0.5) is 17.1 Å². The van der Waals surface area contributed by atoms with Gasteiger partial charge in [0.15, 0.2) is 0 Å². The van der Waals surface area contributed by atoms with Crippen LogP contribution in [0.15, 0.2) is 83.5 Å². The Kier molecular flexibility index (Phi) is 7.91. The molecule has 0 radical (unpaired) electrons. The minimum atomic E-state index is -0.716. The van der Waals surface area contributed by atoms with Gasteiger partial charge in [-0.1, -0.05) is 36.2 Å². The summed E-state index contributed by atoms with van der Waals surface area (Å²) in [6, 6.07) is 18.9. The van der Waals surface area contributed by atoms with Crippen LogP contribution in [0.25, 0.3) is 0 Å². The molecule has 0 fully saturated rings. The lowest BCUT2D eigenvalue weighted by molar-refractivity contribution is -0.120. The second-order valence-corrected chi connectivity index (χ2v) is 8.80. The Morgan fingerprint density at radius 3 is 2.24 bits per heavy atom. The minimum Gasteiger partial charge on any atom is -0.462 e. The van der Waals surface area contributed by atoms with E-state index in [4.69, 9.17) is 27.9 Å². The van der Waals surface area contributed by atoms with Crippen molar-refractivity contribution in [1.29, 1.82) is 0 Å². The zero-order valence-electron chi connectivity index (χ0n) is 19.6. The number of nitrogens with one attached hydrogen (secondary N) is 2. The zero-order valence-corrected chi connectivity index (χ0v) is 21.1. The van der Waals surface area contributed by atoms with Crippen molar-refractivity contribution in [2.24, 2.45) is 0 Å². The second kappa shape index (κ2) is 11.3. The molecule has 4 rings (SSSR count). The number of carbonyl (C=O) groups is 4. The van der Waals surface area contributed by atoms with Gasteiger partial charge in [-0.15, -0.1) is 0 Å². The molecule has 0 aromatic heterocycles. The Labute approximate surface area is 222 Å². The third kappa shape index (κ3) is 5.82. The fourth-order valence-electron chi connectivity index (χ4n) is 3.49. The maximum absolute atomic E-state index is 13.1. The predicted octanol–water partition coefficient (Wildman–Crippen LogP) is 5.59. The average Bonchev–Trinajstić information content (AvgIpc) is 3.11. The summed E-state index contributed by atoms with van der Waals surface area (Å²) in [4.78, 5) is 51.5. The number of hydrogen-bond acceptors (Lipinski definition) is 6. The maximum atomic E-state index is 13.1. The highest BCUT2D eigenvalue weighted by molar-refractivity contribution is 6.53. The van der Waals surface area contributed by atoms with Crippen LogP contribution in [0.2, 0.25) is 5.02 Å². The van der Waals surface area contributed by atoms with Crippen molar-refractivity contribution in [3.05, 3.63) is 99.7 Å². The van der Waals surface area contributed by atoms with Gasteiger partial charge in [0.25, 0.3) is 17.7 Å². The molecule has 0 spiro atoms. The van der Waals surface area contributed by atoms with Crippen molar-refractivity contribution in [2.75, 3.05) is 22.1 Å². The van der Waals surface area contributed by atoms with Gasteiger partial charge in [-0.2, -0.15) is 0 Å². The summed E-state index contributed by atoms with van der Waals surface area (Å²) in [6.45, 7) is 2.18. The largest absolute Gasteiger partial charge is 0.462 e. The van der Waals surface area contributed by atoms with Crippen LogP contribution < -0.4 is 15.5 Å². The van der Waals surface area contributed by atoms with Gasteiger partial charge < -0.3 is 15.4 Å². The number of benzene rings is 3. The van der Waals surface area contributed by atoms with Gasteiger partial charge in [-0.3, -0.25) is 14.4 Å². The van der Waals surface area contributed by atoms with Crippen molar-refractivity contribution in [1.82, 2.24) is 0 Å². The van der Waals surface area contributed by atoms with Crippen LogP contribution in [0, 0.1) is 0 Å². The third-order valence-corrected chi connectivity index (χ3v) is 5.92. The van der Waals surface area contributed by atoms with Crippen LogP contribution >= 0.6 is 23.2 Å². The molecule has 0 atom stereocenters. The van der Waals surface area contributed by atoms with E-state index in [1.165, 1.54) is 30.3 Å². The molecule has 0 saturated carbocycles. The zero-order chi connectivity index (χ0) is 26.5. The molecule has 0 bridgehead atoms. The number of rotatable bonds is 8. The number of amides is 3. The molecule has 8 nitrogen and oxygen atoms in total. The highest BCUT2D eigenvalue weighted by atomic mass is 35.5. The van der Waals surface area contributed by atoms with Gasteiger partial charge in [0, 0.05) is 22.0 Å². The van der Waals surface area contributed by atoms with E-state index >= 15 is 0 Å². The molecular weight excluding hydrogens is 517 g/mol. The second-order valence-electron chi connectivity index (χ2n) is 7.98. The number of imide groups is 1. The Hall–Kier alpha value is -4.14. The lowest BCUT2D eigenvalue weighted by Gasteiger charge is -2.15. The topological polar surface area (TPSA) is 105 Å². The van der Waals surface area contributed by atoms with E-state index in [-0.39, 0.29) is 22.3 Å². The number of anilines is 3. The summed E-state index contributed by atoms with van der Waals surface area (Å²) < 4.78 is 5.09. The number of hydrogen-bond donors (Lipinski definition) is 2. The molecule has 1 aliphatic heterocycles. The summed E-state index contributed by atoms with van der Waals surface area (Å²) in [5.74, 6) is -2.26. The number of halogens is 2. The van der Waals surface area contributed by atoms with Gasteiger partial charge in [-0.25, -0.2) is 9.69 Å². The van der Waals surface area contributed by atoms with Crippen molar-refractivity contribution in [2.45, 2.75) is 13.3 Å². The van der Waals surface area contributed by atoms with Crippen LogP contribution in [0.3, 0.4) is 0 Å². The van der Waals surface area contributed by atoms with E-state index in [1.807, 2.05) is 6.92 Å². The van der Waals surface area contributed by atoms with Crippen LogP contribution in [-0.4, -0.2) is 30.3 Å². The molecule has 0 aliphatic carbocycles. The van der Waals surface area contributed by atoms with Crippen molar-refractivity contribution in [3.63, 3.8) is 0 Å². The van der Waals surface area contributed by atoms with Crippen LogP contribution in [0.5, 0.6) is 0 Å². The first-order chi connectivity index (χ1) is 17.8. The Morgan fingerprint density at radius 1 is 0.865 bits per heavy atom. The first-order valence-corrected chi connectivity index (χ1v) is 12.0. The summed E-state index contributed by atoms with van der Waals surface area (Å²) in [6.07, 6.45) is 0.691. The van der Waals surface area contributed by atoms with Crippen molar-refractivity contribution < 1.29 is 23.9 Å². The van der Waals surface area contributed by atoms with E-state index in [1.54, 1.807) is 42.5 Å². The van der Waals surface area contributed by atoms with E-state index in [2.05, 4.69) is 10.6 Å². The van der Waals surface area contributed by atoms with Gasteiger partial charge >= 0.3 is 5.97 Å². The maximum Gasteiger partial charge on any atom is 0.338 e. The normalized spacial score (nSPS) is 13.1. The number of esters is 1. The molecule has 2 N–H and O–H groups in total. The van der Waals surface area contributed by atoms with Crippen molar-refractivity contribution in [3.8, 4) is 0 Å². The molecule has 1 heterocycles. The number of carbonyl (C=O) groups excluding carboxylic acids is 4. The SMILES string of the molecule is CCCOC(=O)c1ccc(N2C(=O)C(Cl)=C(Nc3cccc(C(=O)Nc4ccc(Cl)cc4)c3)C2=O)cc1. The van der Waals surface area contributed by atoms with E-state index in [0.29, 0.717) is 40.6 Å². The highest BCUT2D eigenvalue weighted by Gasteiger charge is 2.39. The lowest BCUT2D eigenvalue weighted by atomic mass is 10.1. The molecule has 3 aromatic carbocycles. The van der Waals surface area contributed by atoms with E-state index in [0.717, 1.165) is 4.90 Å². The smallest absolute Gasteiger partial charge is 0.338 e. The Bertz CT molecular complexity index is 1400. The first-order valence-electron chi connectivity index (χ1n) is 11.3. The predicted molar refractivity (Wildman–Crippen MR) is 142 cm³/mol. The Morgan fingerprint density at radius 2 is 1.57 bits per heavy atom. The van der Waals surface area contributed by atoms with Gasteiger partial charge in [0.2, 0.25) is 0 Å². The standard InChI is InChI=1S/C27H21Cl2N3O5/c1-2-14-37-27(36)16-6-12-21(13-7-16)32-25(34)22(29)23(26(32)35)30-20-5-3-4-17(15-20)24(33)31-19-10-8-18(28)9-11-19/h3-13,15,30H,2,14H2,1H3,(H,31,33). The number of nitrogens with zero attached hydrogens (tertiary/aromatic N) is 1. The average molecular weight is 538 g/mol. The molecule has 3 amide bonds. The highest BCUT2D eigenvalue weighted by Crippen LogP contribution is 2.30. The fourth-order valence-corrected chi connectivity index (χ4v) is 3.83. The third-order valence-electron chi connectivity index (χ3n) is 5.32. The molecule has 1 aliphatic rings. The molecule has 0 unspecified atom stereocenters. The monoisotopic (exact) mass is 537 g/mol. The molecule has 3 aromatic rings. The minimum absolute atomic E-state index is 0.131. The molecule has 10 heteroatoms. The molecule has 0 saturated heterocycles. The van der Waals surface area contributed by atoms with Crippen molar-refractivity contribution >= 4 is 64.0 Å². The fraction of sp³-hybridized carbons (Fsp3) is 0.111. The van der Waals surface area contributed by atoms with E-state index < -0.39 is 17.8 Å². The first kappa shape index (κ1) is 25.9. The van der Waals surface area contributed by atoms with Crippen LogP contribution in [-0.2, 0) is 14.3 Å². The summed E-state index contributed by atoms with van der Waals surface area (Å²) in [7, 11) is 0. The van der Waals surface area contributed by atoms with Gasteiger partial charge in [0.05, 0.1) is 17.9 Å². The molecular formula is C27H21Cl2N3O5. The van der Waals surface area contributed by atoms with E-state index in [9.17, 15) is 19.2 Å². The quantitative estimate of drug-likeness (QED) is 0.286.